The summed E-state index contributed by atoms with van der Waals surface area (Å²) in [5.41, 5.74) is 0.758. The van der Waals surface area contributed by atoms with Crippen molar-refractivity contribution in [3.05, 3.63) is 73.0 Å². The molecule has 7 rings (SSSR count). The average molecular weight is 574 g/mol. The number of carboxylic acids is 1. The van der Waals surface area contributed by atoms with Crippen molar-refractivity contribution in [1.29, 1.82) is 0 Å². The molecule has 4 unspecified atom stereocenters. The number of ether oxygens (including phenoxy) is 4. The van der Waals surface area contributed by atoms with Crippen molar-refractivity contribution in [3.63, 3.8) is 0 Å². The monoisotopic (exact) mass is 573 g/mol. The molecule has 14 nitrogen and oxygen atoms in total. The van der Waals surface area contributed by atoms with E-state index in [0.29, 0.717) is 11.2 Å². The summed E-state index contributed by atoms with van der Waals surface area (Å²) < 4.78 is 26.8. The van der Waals surface area contributed by atoms with E-state index in [1.54, 1.807) is 10.9 Å². The predicted octanol–water partition coefficient (Wildman–Crippen LogP) is 2.59. The summed E-state index contributed by atoms with van der Waals surface area (Å²) in [7, 11) is 0. The second kappa shape index (κ2) is 11.0. The van der Waals surface area contributed by atoms with Gasteiger partial charge in [-0.1, -0.05) is 36.5 Å². The Morgan fingerprint density at radius 3 is 2.62 bits per heavy atom. The van der Waals surface area contributed by atoms with E-state index in [2.05, 4.69) is 30.6 Å². The molecule has 0 bridgehead atoms. The second-order valence-corrected chi connectivity index (χ2v) is 10.3. The van der Waals surface area contributed by atoms with Gasteiger partial charge in [0.25, 0.3) is 0 Å². The molecule has 0 aromatic carbocycles. The zero-order valence-electron chi connectivity index (χ0n) is 22.1. The van der Waals surface area contributed by atoms with Crippen LogP contribution in [0.5, 0.6) is 5.88 Å². The molecule has 4 aliphatic rings. The van der Waals surface area contributed by atoms with Crippen LogP contribution in [0.4, 0.5) is 10.6 Å². The number of carbonyl (C=O) groups is 2. The number of hydrogen-bond acceptors (Lipinski definition) is 10. The Hall–Kier alpha value is -4.66. The lowest BCUT2D eigenvalue weighted by Crippen LogP contribution is -2.33. The van der Waals surface area contributed by atoms with Gasteiger partial charge in [0.1, 0.15) is 36.8 Å². The number of nitrogens with one attached hydrogen (secondary N) is 2. The summed E-state index contributed by atoms with van der Waals surface area (Å²) in [4.78, 5) is 41.2. The van der Waals surface area contributed by atoms with E-state index in [9.17, 15) is 14.7 Å². The van der Waals surface area contributed by atoms with Crippen molar-refractivity contribution < 1.29 is 33.6 Å². The van der Waals surface area contributed by atoms with Crippen molar-refractivity contribution in [2.24, 2.45) is 5.92 Å². The molecule has 1 saturated carbocycles. The van der Waals surface area contributed by atoms with Crippen LogP contribution in [-0.4, -0.2) is 78.9 Å². The van der Waals surface area contributed by atoms with E-state index in [0.717, 1.165) is 12.8 Å². The number of nitrogens with zero attached hydrogens (tertiary/aromatic N) is 5. The van der Waals surface area contributed by atoms with Gasteiger partial charge in [0.05, 0.1) is 6.33 Å². The van der Waals surface area contributed by atoms with Crippen molar-refractivity contribution in [3.8, 4) is 5.88 Å². The van der Waals surface area contributed by atoms with Gasteiger partial charge in [-0.2, -0.15) is 0 Å². The van der Waals surface area contributed by atoms with Crippen LogP contribution in [0.25, 0.3) is 11.2 Å². The number of aromatic carboxylic acids is 1. The van der Waals surface area contributed by atoms with Gasteiger partial charge in [0.2, 0.25) is 5.88 Å². The number of anilines is 1. The molecule has 3 aromatic rings. The van der Waals surface area contributed by atoms with E-state index in [4.69, 9.17) is 18.9 Å². The molecule has 3 fully saturated rings. The lowest BCUT2D eigenvalue weighted by atomic mass is 10.1. The van der Waals surface area contributed by atoms with E-state index in [1.165, 1.54) is 24.7 Å². The van der Waals surface area contributed by atoms with Crippen LogP contribution >= 0.6 is 0 Å². The Labute approximate surface area is 239 Å². The van der Waals surface area contributed by atoms with E-state index in [-0.39, 0.29) is 41.9 Å². The van der Waals surface area contributed by atoms with E-state index in [1.807, 2.05) is 36.5 Å². The predicted molar refractivity (Wildman–Crippen MR) is 146 cm³/mol. The quantitative estimate of drug-likeness (QED) is 0.362. The van der Waals surface area contributed by atoms with Gasteiger partial charge < -0.3 is 29.4 Å². The topological polar surface area (TPSA) is 172 Å². The molecule has 2 aliphatic carbocycles. The summed E-state index contributed by atoms with van der Waals surface area (Å²) in [6, 6.07) is 2.78. The first-order valence-electron chi connectivity index (χ1n) is 13.6. The van der Waals surface area contributed by atoms with Gasteiger partial charge in [-0.05, 0) is 25.0 Å². The molecule has 3 aromatic heterocycles. The number of urea groups is 1. The maximum atomic E-state index is 12.4. The maximum absolute atomic E-state index is 12.4. The fourth-order valence-corrected chi connectivity index (χ4v) is 5.17. The maximum Gasteiger partial charge on any atom is 0.341 e. The van der Waals surface area contributed by atoms with Gasteiger partial charge in [-0.15, -0.1) is 0 Å². The number of allylic oxidation sites excluding steroid dienone is 4. The number of fused-ring (bicyclic) bond motifs is 2. The molecule has 5 heterocycles. The van der Waals surface area contributed by atoms with Crippen LogP contribution in [0.3, 0.4) is 0 Å². The molecule has 5 atom stereocenters. The molecule has 14 heteroatoms. The minimum absolute atomic E-state index is 0.0224. The summed E-state index contributed by atoms with van der Waals surface area (Å²) in [5.74, 6) is -1.05. The summed E-state index contributed by atoms with van der Waals surface area (Å²) in [6.45, 7) is -0.0430. The van der Waals surface area contributed by atoms with Gasteiger partial charge in [0, 0.05) is 18.2 Å². The van der Waals surface area contributed by atoms with Crippen LogP contribution in [-0.2, 0) is 14.2 Å². The Kier molecular flexibility index (Phi) is 6.85. The fourth-order valence-electron chi connectivity index (χ4n) is 5.17. The molecule has 2 aliphatic heterocycles. The van der Waals surface area contributed by atoms with Crippen molar-refractivity contribution in [2.75, 3.05) is 11.9 Å². The number of imidazole rings is 1. The van der Waals surface area contributed by atoms with Crippen LogP contribution in [0.2, 0.25) is 0 Å². The summed E-state index contributed by atoms with van der Waals surface area (Å²) in [6.07, 6.45) is 14.9. The minimum atomic E-state index is -1.15. The van der Waals surface area contributed by atoms with Crippen molar-refractivity contribution in [1.82, 2.24) is 29.8 Å². The highest BCUT2D eigenvalue weighted by atomic mass is 16.8. The molecule has 0 radical (unpaired) electrons. The number of rotatable bonds is 8. The molecule has 216 valence electrons. The third-order valence-corrected chi connectivity index (χ3v) is 7.35. The average Bonchev–Trinajstić information content (AvgIpc) is 3.49. The standard InChI is InChI=1S/C28H27N7O7/c36-26(37)17-8-5-11-29-24(17)39-12-18-20-21(42-27(41-20)15-6-3-1-2-4-7-15)25(40-18)35-14-32-19-22(30-13-31-23(19)35)34-28(38)33-16-9-10-16/h1-8,11,13-16,18,20-21,25,27H,9-10,12H2,(H,36,37)(H2,30,31,33,34,38)/t18?,20?,21?,25?,27-/m0/s1. The van der Waals surface area contributed by atoms with Crippen molar-refractivity contribution >= 4 is 29.0 Å². The first-order chi connectivity index (χ1) is 20.5. The Balaban J connectivity index is 1.16. The van der Waals surface area contributed by atoms with Crippen LogP contribution in [0.1, 0.15) is 29.4 Å². The number of pyridine rings is 1. The Morgan fingerprint density at radius 1 is 1.02 bits per heavy atom. The number of aromatic nitrogens is 5. The van der Waals surface area contributed by atoms with Gasteiger partial charge in [0.15, 0.2) is 29.5 Å². The Bertz CT molecular complexity index is 1580. The number of hydrogen-bond donors (Lipinski definition) is 3. The number of carboxylic acid groups (broad SMARTS) is 1. The summed E-state index contributed by atoms with van der Waals surface area (Å²) >= 11 is 0. The van der Waals surface area contributed by atoms with Crippen LogP contribution < -0.4 is 15.4 Å². The molecule has 2 amide bonds. The number of amides is 2. The van der Waals surface area contributed by atoms with E-state index < -0.39 is 36.8 Å². The fraction of sp³-hybridized carbons (Fsp3) is 0.357. The zero-order chi connectivity index (χ0) is 28.6. The summed E-state index contributed by atoms with van der Waals surface area (Å²) in [5, 5.41) is 15.2. The smallest absolute Gasteiger partial charge is 0.341 e. The molecule has 2 saturated heterocycles. The third-order valence-electron chi connectivity index (χ3n) is 7.35. The molecular weight excluding hydrogens is 546 g/mol. The molecule has 3 N–H and O–H groups in total. The Morgan fingerprint density at radius 2 is 1.83 bits per heavy atom. The highest BCUT2D eigenvalue weighted by molar-refractivity contribution is 5.96. The largest absolute Gasteiger partial charge is 0.477 e. The number of carbonyl (C=O) groups excluding carboxylic acids is 1. The zero-order valence-corrected chi connectivity index (χ0v) is 22.1. The molecule has 0 spiro atoms. The second-order valence-electron chi connectivity index (χ2n) is 10.3. The first kappa shape index (κ1) is 26.3. The van der Waals surface area contributed by atoms with Gasteiger partial charge in [-0.25, -0.2) is 29.5 Å². The molecule has 42 heavy (non-hydrogen) atoms. The van der Waals surface area contributed by atoms with Gasteiger partial charge >= 0.3 is 12.0 Å². The van der Waals surface area contributed by atoms with Crippen molar-refractivity contribution in [2.45, 2.75) is 49.7 Å². The SMILES string of the molecule is O=C(Nc1ncnc2c1ncn2C1OC(COc2ncccc2C(=O)O)C2O[C@H](C3C=CC=CC=C3)OC21)NC1CC1. The van der Waals surface area contributed by atoms with Crippen LogP contribution in [0.15, 0.2) is 67.4 Å². The van der Waals surface area contributed by atoms with Crippen LogP contribution in [0, 0.1) is 5.92 Å². The third kappa shape index (κ3) is 5.11. The highest BCUT2D eigenvalue weighted by Crippen LogP contribution is 2.43. The van der Waals surface area contributed by atoms with E-state index >= 15 is 0 Å². The van der Waals surface area contributed by atoms with Gasteiger partial charge in [-0.3, -0.25) is 9.88 Å². The lowest BCUT2D eigenvalue weighted by molar-refractivity contribution is -0.157. The highest BCUT2D eigenvalue weighted by Gasteiger charge is 2.55. The normalized spacial score (nSPS) is 26.7. The first-order valence-corrected chi connectivity index (χ1v) is 13.6. The molecular formula is C28H27N7O7. The lowest BCUT2D eigenvalue weighted by Gasteiger charge is -2.23. The minimum Gasteiger partial charge on any atom is -0.477 e.